The van der Waals surface area contributed by atoms with Gasteiger partial charge in [-0.25, -0.2) is 6.57 Å². The Hall–Kier alpha value is -3.87. The molecule has 0 radical (unpaired) electrons. The van der Waals surface area contributed by atoms with E-state index in [0.717, 1.165) is 31.2 Å². The molecule has 168 valence electrons. The van der Waals surface area contributed by atoms with E-state index < -0.39 is 0 Å². The van der Waals surface area contributed by atoms with Crippen LogP contribution in [0.3, 0.4) is 0 Å². The average Bonchev–Trinajstić information content (AvgIpc) is 2.88. The number of nitrogens with zero attached hydrogens (tertiary/aromatic N) is 3. The minimum Gasteiger partial charge on any atom is -0.317 e. The van der Waals surface area contributed by atoms with E-state index in [1.165, 1.54) is 11.1 Å². The summed E-state index contributed by atoms with van der Waals surface area (Å²) >= 11 is 0. The molecule has 3 aromatic rings. The standard InChI is InChI=1S/3C10H11N/c1-11-9-5-8-10-6-3-2-4-7-10;1-9(8-11)7-10-5-3-2-4-6-10;1-2-9(8-11)10-6-4-3-5-7-10/h2-4,6-7H,5,8-9H2;2-6,9H,7H2,1H3;3-7,9H,2H2,1H3. The highest BCUT2D eigenvalue weighted by molar-refractivity contribution is 5.24. The van der Waals surface area contributed by atoms with Crippen molar-refractivity contribution in [1.82, 2.24) is 0 Å². The molecule has 0 aromatic heterocycles. The number of rotatable bonds is 7. The molecular formula is C30H33N3. The molecule has 0 aliphatic carbocycles. The Morgan fingerprint density at radius 2 is 1.30 bits per heavy atom. The molecular weight excluding hydrogens is 402 g/mol. The lowest BCUT2D eigenvalue weighted by Crippen LogP contribution is -1.94. The van der Waals surface area contributed by atoms with Crippen LogP contribution in [-0.2, 0) is 12.8 Å². The van der Waals surface area contributed by atoms with Crippen molar-refractivity contribution in [2.45, 2.75) is 45.4 Å². The van der Waals surface area contributed by atoms with Gasteiger partial charge < -0.3 is 4.85 Å². The zero-order chi connectivity index (χ0) is 24.2. The molecule has 0 fully saturated rings. The van der Waals surface area contributed by atoms with Gasteiger partial charge in [-0.05, 0) is 42.9 Å². The van der Waals surface area contributed by atoms with E-state index in [-0.39, 0.29) is 11.8 Å². The van der Waals surface area contributed by atoms with Gasteiger partial charge in [0, 0.05) is 12.3 Å². The Balaban J connectivity index is 0.000000247. The summed E-state index contributed by atoms with van der Waals surface area (Å²) in [6.45, 7) is 11.2. The van der Waals surface area contributed by atoms with Crippen LogP contribution < -0.4 is 0 Å². The molecule has 0 bridgehead atoms. The van der Waals surface area contributed by atoms with Crippen LogP contribution in [0.1, 0.15) is 49.3 Å². The molecule has 2 atom stereocenters. The van der Waals surface area contributed by atoms with Crippen LogP contribution in [0.15, 0.2) is 91.0 Å². The highest BCUT2D eigenvalue weighted by atomic mass is 14.6. The van der Waals surface area contributed by atoms with Gasteiger partial charge in [0.1, 0.15) is 0 Å². The second-order valence-corrected chi connectivity index (χ2v) is 7.69. The minimum atomic E-state index is 0.0659. The lowest BCUT2D eigenvalue weighted by molar-refractivity contribution is 0.739. The van der Waals surface area contributed by atoms with Crippen LogP contribution in [-0.4, -0.2) is 6.54 Å². The fourth-order valence-electron chi connectivity index (χ4n) is 3.11. The van der Waals surface area contributed by atoms with Crippen molar-refractivity contribution < 1.29 is 0 Å². The molecule has 3 rings (SSSR count). The summed E-state index contributed by atoms with van der Waals surface area (Å²) in [4.78, 5) is 3.30. The van der Waals surface area contributed by atoms with Crippen LogP contribution in [0.5, 0.6) is 0 Å². The first-order valence-corrected chi connectivity index (χ1v) is 11.4. The Bertz CT molecular complexity index is 994. The van der Waals surface area contributed by atoms with Gasteiger partial charge >= 0.3 is 0 Å². The summed E-state index contributed by atoms with van der Waals surface area (Å²) in [5, 5.41) is 17.3. The lowest BCUT2D eigenvalue weighted by Gasteiger charge is -2.03. The Kier molecular flexibility index (Phi) is 14.6. The van der Waals surface area contributed by atoms with Crippen molar-refractivity contribution in [2.75, 3.05) is 6.54 Å². The second-order valence-electron chi connectivity index (χ2n) is 7.69. The number of aryl methyl sites for hydroxylation is 1. The summed E-state index contributed by atoms with van der Waals surface area (Å²) in [7, 11) is 0. The van der Waals surface area contributed by atoms with E-state index in [0.29, 0.717) is 6.54 Å². The molecule has 0 spiro atoms. The van der Waals surface area contributed by atoms with Gasteiger partial charge in [-0.2, -0.15) is 10.5 Å². The zero-order valence-electron chi connectivity index (χ0n) is 19.7. The van der Waals surface area contributed by atoms with Crippen LogP contribution in [0.4, 0.5) is 0 Å². The molecule has 0 aliphatic heterocycles. The third-order valence-electron chi connectivity index (χ3n) is 4.95. The highest BCUT2D eigenvalue weighted by Gasteiger charge is 2.05. The maximum atomic E-state index is 8.73. The van der Waals surface area contributed by atoms with Crippen molar-refractivity contribution >= 4 is 0 Å². The smallest absolute Gasteiger partial charge is 0.215 e. The van der Waals surface area contributed by atoms with E-state index in [9.17, 15) is 0 Å². The number of nitriles is 2. The number of benzene rings is 3. The van der Waals surface area contributed by atoms with Crippen molar-refractivity contribution in [3.05, 3.63) is 119 Å². The van der Waals surface area contributed by atoms with Crippen molar-refractivity contribution in [3.63, 3.8) is 0 Å². The van der Waals surface area contributed by atoms with E-state index in [2.05, 4.69) is 29.1 Å². The quantitative estimate of drug-likeness (QED) is 0.283. The molecule has 0 aliphatic rings. The molecule has 0 heterocycles. The monoisotopic (exact) mass is 435 g/mol. The van der Waals surface area contributed by atoms with E-state index >= 15 is 0 Å². The predicted octanol–water partition coefficient (Wildman–Crippen LogP) is 7.63. The third kappa shape index (κ3) is 12.5. The fraction of sp³-hybridized carbons (Fsp3) is 0.300. The van der Waals surface area contributed by atoms with Gasteiger partial charge in [-0.15, -0.1) is 0 Å². The SMILES string of the molecule is CC(C#N)Cc1ccccc1.CCC(C#N)c1ccccc1.[C-]#[N+]CCCc1ccccc1. The molecule has 3 heteroatoms. The van der Waals surface area contributed by atoms with Crippen molar-refractivity contribution in [1.29, 1.82) is 10.5 Å². The normalized spacial score (nSPS) is 11.0. The Labute approximate surface area is 199 Å². The number of hydrogen-bond donors (Lipinski definition) is 0. The molecule has 2 unspecified atom stereocenters. The van der Waals surface area contributed by atoms with Crippen molar-refractivity contribution in [3.8, 4) is 12.1 Å². The molecule has 3 nitrogen and oxygen atoms in total. The van der Waals surface area contributed by atoms with Crippen molar-refractivity contribution in [2.24, 2.45) is 5.92 Å². The second kappa shape index (κ2) is 17.8. The summed E-state index contributed by atoms with van der Waals surface area (Å²) < 4.78 is 0. The molecule has 0 N–H and O–H groups in total. The van der Waals surface area contributed by atoms with Crippen LogP contribution in [0.2, 0.25) is 0 Å². The van der Waals surface area contributed by atoms with E-state index in [1.807, 2.05) is 92.7 Å². The molecule has 3 aromatic carbocycles. The molecule has 33 heavy (non-hydrogen) atoms. The van der Waals surface area contributed by atoms with Gasteiger partial charge in [0.15, 0.2) is 0 Å². The summed E-state index contributed by atoms with van der Waals surface area (Å²) in [5.41, 5.74) is 3.69. The van der Waals surface area contributed by atoms with Crippen LogP contribution >= 0.6 is 0 Å². The predicted molar refractivity (Wildman–Crippen MR) is 136 cm³/mol. The topological polar surface area (TPSA) is 51.9 Å². The molecule has 0 amide bonds. The Morgan fingerprint density at radius 3 is 1.76 bits per heavy atom. The summed E-state index contributed by atoms with van der Waals surface area (Å²) in [6.07, 6.45) is 3.76. The van der Waals surface area contributed by atoms with E-state index in [4.69, 9.17) is 17.1 Å². The maximum absolute atomic E-state index is 8.73. The van der Waals surface area contributed by atoms with Gasteiger partial charge in [0.25, 0.3) is 0 Å². The van der Waals surface area contributed by atoms with Gasteiger partial charge in [-0.1, -0.05) is 97.9 Å². The molecule has 0 saturated heterocycles. The summed E-state index contributed by atoms with van der Waals surface area (Å²) in [6, 6.07) is 34.7. The first-order chi connectivity index (χ1) is 16.1. The average molecular weight is 436 g/mol. The van der Waals surface area contributed by atoms with Gasteiger partial charge in [0.2, 0.25) is 6.54 Å². The first kappa shape index (κ1) is 27.2. The van der Waals surface area contributed by atoms with Crippen LogP contribution in [0.25, 0.3) is 4.85 Å². The van der Waals surface area contributed by atoms with Crippen LogP contribution in [0, 0.1) is 35.2 Å². The van der Waals surface area contributed by atoms with Gasteiger partial charge in [0.05, 0.1) is 18.1 Å². The lowest BCUT2D eigenvalue weighted by atomic mass is 9.99. The zero-order valence-corrected chi connectivity index (χ0v) is 19.7. The molecule has 0 saturated carbocycles. The van der Waals surface area contributed by atoms with Gasteiger partial charge in [-0.3, -0.25) is 0 Å². The highest BCUT2D eigenvalue weighted by Crippen LogP contribution is 2.17. The summed E-state index contributed by atoms with van der Waals surface area (Å²) in [5.74, 6) is 0.189. The van der Waals surface area contributed by atoms with E-state index in [1.54, 1.807) is 0 Å². The largest absolute Gasteiger partial charge is 0.317 e. The maximum Gasteiger partial charge on any atom is 0.215 e. The first-order valence-electron chi connectivity index (χ1n) is 11.4. The Morgan fingerprint density at radius 1 is 0.788 bits per heavy atom. The minimum absolute atomic E-state index is 0.0659. The fourth-order valence-corrected chi connectivity index (χ4v) is 3.11. The number of hydrogen-bond acceptors (Lipinski definition) is 2. The third-order valence-corrected chi connectivity index (χ3v) is 4.95.